The van der Waals surface area contributed by atoms with Gasteiger partial charge in [0.05, 0.1) is 50.0 Å². The number of rotatable bonds is 6. The molecule has 1 heterocycles. The van der Waals surface area contributed by atoms with E-state index in [0.29, 0.717) is 22.7 Å². The number of hydrogen-bond acceptors (Lipinski definition) is 4. The van der Waals surface area contributed by atoms with Gasteiger partial charge in [-0.1, -0.05) is 23.7 Å². The molecule has 0 aliphatic carbocycles. The van der Waals surface area contributed by atoms with Crippen LogP contribution in [0.15, 0.2) is 24.4 Å². The summed E-state index contributed by atoms with van der Waals surface area (Å²) in [6.07, 6.45) is 1.52. The molecule has 2 N–H and O–H groups in total. The third kappa shape index (κ3) is 3.67. The van der Waals surface area contributed by atoms with Crippen LogP contribution in [-0.4, -0.2) is 44.7 Å². The van der Waals surface area contributed by atoms with Gasteiger partial charge in [0.25, 0.3) is 0 Å². The molecule has 0 bridgehead atoms. The highest BCUT2D eigenvalue weighted by Gasteiger charge is 2.17. The first-order valence-electron chi connectivity index (χ1n) is 7.31. The van der Waals surface area contributed by atoms with E-state index in [9.17, 15) is 4.79 Å². The highest BCUT2D eigenvalue weighted by Crippen LogP contribution is 2.30. The minimum absolute atomic E-state index is 0.327. The molecule has 0 amide bonds. The van der Waals surface area contributed by atoms with Crippen molar-refractivity contribution in [1.82, 2.24) is 4.98 Å². The molecule has 0 spiro atoms. The smallest absolute Gasteiger partial charge is 0.341 e. The normalized spacial score (nSPS) is 11.0. The van der Waals surface area contributed by atoms with Gasteiger partial charge in [-0.15, -0.1) is 0 Å². The van der Waals surface area contributed by atoms with Gasteiger partial charge in [0.2, 0.25) is 0 Å². The Hall–Kier alpha value is -1.85. The monoisotopic (exact) mass is 322 g/mol. The van der Waals surface area contributed by atoms with Crippen LogP contribution < -0.4 is 10.2 Å². The second kappa shape index (κ2) is 7.42. The van der Waals surface area contributed by atoms with E-state index in [2.05, 4.69) is 24.4 Å². The van der Waals surface area contributed by atoms with Crippen molar-refractivity contribution in [3.8, 4) is 0 Å². The Kier molecular flexibility index (Phi) is 5.57. The SMILES string of the molecule is CCOC(=O)c1cnc2c(Cl)cccc2c1NCC[NH+](C)C. The number of esters is 1. The van der Waals surface area contributed by atoms with Gasteiger partial charge in [-0.25, -0.2) is 4.79 Å². The lowest BCUT2D eigenvalue weighted by Crippen LogP contribution is -3.06. The Bertz CT molecular complexity index is 674. The second-order valence-electron chi connectivity index (χ2n) is 5.29. The number of pyridine rings is 1. The maximum Gasteiger partial charge on any atom is 0.341 e. The van der Waals surface area contributed by atoms with Crippen LogP contribution in [0.3, 0.4) is 0 Å². The first-order chi connectivity index (χ1) is 10.5. The lowest BCUT2D eigenvalue weighted by atomic mass is 10.1. The summed E-state index contributed by atoms with van der Waals surface area (Å²) in [5.74, 6) is -0.378. The molecule has 5 nitrogen and oxygen atoms in total. The van der Waals surface area contributed by atoms with Crippen LogP contribution in [0.25, 0.3) is 10.9 Å². The zero-order valence-corrected chi connectivity index (χ0v) is 13.8. The summed E-state index contributed by atoms with van der Waals surface area (Å²) in [5, 5.41) is 4.72. The number of nitrogens with zero attached hydrogens (tertiary/aromatic N) is 1. The van der Waals surface area contributed by atoms with E-state index >= 15 is 0 Å². The highest BCUT2D eigenvalue weighted by atomic mass is 35.5. The first-order valence-corrected chi connectivity index (χ1v) is 7.69. The molecule has 118 valence electrons. The van der Waals surface area contributed by atoms with Crippen LogP contribution in [0.4, 0.5) is 5.69 Å². The second-order valence-corrected chi connectivity index (χ2v) is 5.69. The van der Waals surface area contributed by atoms with E-state index in [1.54, 1.807) is 13.0 Å². The fourth-order valence-corrected chi connectivity index (χ4v) is 2.40. The number of ether oxygens (including phenoxy) is 1. The fraction of sp³-hybridized carbons (Fsp3) is 0.375. The lowest BCUT2D eigenvalue weighted by Gasteiger charge is -2.15. The standard InChI is InChI=1S/C16H20ClN3O2/c1-4-22-16(21)12-10-19-15-11(6-5-7-13(15)17)14(12)18-8-9-20(2)3/h5-7,10H,4,8-9H2,1-3H3,(H,18,19)/p+1. The number of benzene rings is 1. The Balaban J connectivity index is 2.46. The number of carbonyl (C=O) groups excluding carboxylic acids is 1. The number of likely N-dealkylation sites (N-methyl/N-ethyl adjacent to an activating group) is 1. The molecule has 0 aliphatic rings. The number of fused-ring (bicyclic) bond motifs is 1. The number of anilines is 1. The average Bonchev–Trinajstić information content (AvgIpc) is 2.47. The van der Waals surface area contributed by atoms with Gasteiger partial charge in [-0.2, -0.15) is 0 Å². The molecule has 0 saturated carbocycles. The number of halogens is 1. The largest absolute Gasteiger partial charge is 0.462 e. The van der Waals surface area contributed by atoms with Gasteiger partial charge in [-0.05, 0) is 13.0 Å². The van der Waals surface area contributed by atoms with Crippen molar-refractivity contribution < 1.29 is 14.4 Å². The van der Waals surface area contributed by atoms with Crippen molar-refractivity contribution in [2.75, 3.05) is 39.1 Å². The molecule has 2 aromatic rings. The summed E-state index contributed by atoms with van der Waals surface area (Å²) in [7, 11) is 4.16. The highest BCUT2D eigenvalue weighted by molar-refractivity contribution is 6.35. The third-order valence-corrected chi connectivity index (χ3v) is 3.58. The van der Waals surface area contributed by atoms with Gasteiger partial charge < -0.3 is 15.0 Å². The molecule has 1 aromatic heterocycles. The number of carbonyl (C=O) groups is 1. The minimum atomic E-state index is -0.378. The molecule has 1 aromatic carbocycles. The number of quaternary nitrogens is 1. The van der Waals surface area contributed by atoms with E-state index in [1.165, 1.54) is 11.1 Å². The van der Waals surface area contributed by atoms with Gasteiger partial charge in [0.15, 0.2) is 0 Å². The predicted molar refractivity (Wildman–Crippen MR) is 88.9 cm³/mol. The summed E-state index contributed by atoms with van der Waals surface area (Å²) < 4.78 is 5.12. The number of hydrogen-bond donors (Lipinski definition) is 2. The van der Waals surface area contributed by atoms with Crippen LogP contribution in [0.2, 0.25) is 5.02 Å². The Morgan fingerprint density at radius 2 is 2.18 bits per heavy atom. The van der Waals surface area contributed by atoms with Crippen molar-refractivity contribution in [3.05, 3.63) is 35.0 Å². The van der Waals surface area contributed by atoms with Crippen molar-refractivity contribution in [2.45, 2.75) is 6.92 Å². The fourth-order valence-electron chi connectivity index (χ4n) is 2.18. The van der Waals surface area contributed by atoms with Crippen LogP contribution in [-0.2, 0) is 4.74 Å². The van der Waals surface area contributed by atoms with Gasteiger partial charge in [0, 0.05) is 11.6 Å². The molecule has 22 heavy (non-hydrogen) atoms. The summed E-state index contributed by atoms with van der Waals surface area (Å²) in [5.41, 5.74) is 1.84. The van der Waals surface area contributed by atoms with E-state index in [1.807, 2.05) is 12.1 Å². The van der Waals surface area contributed by atoms with E-state index < -0.39 is 0 Å². The molecular weight excluding hydrogens is 302 g/mol. The quantitative estimate of drug-likeness (QED) is 0.794. The molecule has 0 saturated heterocycles. The van der Waals surface area contributed by atoms with Gasteiger partial charge in [0.1, 0.15) is 5.56 Å². The molecule has 0 atom stereocenters. The first kappa shape index (κ1) is 16.5. The van der Waals surface area contributed by atoms with Crippen LogP contribution in [0.1, 0.15) is 17.3 Å². The average molecular weight is 323 g/mol. The van der Waals surface area contributed by atoms with Crippen molar-refractivity contribution in [2.24, 2.45) is 0 Å². The number of aromatic nitrogens is 1. The zero-order valence-electron chi connectivity index (χ0n) is 13.1. The maximum absolute atomic E-state index is 12.2. The zero-order chi connectivity index (χ0) is 16.1. The summed E-state index contributed by atoms with van der Waals surface area (Å²) in [4.78, 5) is 17.8. The van der Waals surface area contributed by atoms with E-state index in [4.69, 9.17) is 16.3 Å². The molecule has 0 unspecified atom stereocenters. The molecule has 0 fully saturated rings. The van der Waals surface area contributed by atoms with E-state index in [-0.39, 0.29) is 5.97 Å². The lowest BCUT2D eigenvalue weighted by molar-refractivity contribution is -0.856. The topological polar surface area (TPSA) is 55.7 Å². The molecule has 6 heteroatoms. The summed E-state index contributed by atoms with van der Waals surface area (Å²) in [6, 6.07) is 5.54. The van der Waals surface area contributed by atoms with Crippen LogP contribution in [0.5, 0.6) is 0 Å². The van der Waals surface area contributed by atoms with Crippen molar-refractivity contribution in [3.63, 3.8) is 0 Å². The number of para-hydroxylation sites is 1. The third-order valence-electron chi connectivity index (χ3n) is 3.27. The Morgan fingerprint density at radius 1 is 1.41 bits per heavy atom. The van der Waals surface area contributed by atoms with E-state index in [0.717, 1.165) is 24.2 Å². The Labute approximate surface area is 135 Å². The van der Waals surface area contributed by atoms with Gasteiger partial charge >= 0.3 is 5.97 Å². The van der Waals surface area contributed by atoms with Crippen LogP contribution in [0, 0.1) is 0 Å². The number of nitrogens with one attached hydrogen (secondary N) is 2. The molecule has 0 radical (unpaired) electrons. The molecule has 2 rings (SSSR count). The molecule has 0 aliphatic heterocycles. The maximum atomic E-state index is 12.2. The predicted octanol–water partition coefficient (Wildman–Crippen LogP) is 1.62. The van der Waals surface area contributed by atoms with Crippen molar-refractivity contribution in [1.29, 1.82) is 0 Å². The van der Waals surface area contributed by atoms with Crippen molar-refractivity contribution >= 4 is 34.2 Å². The summed E-state index contributed by atoms with van der Waals surface area (Å²) >= 11 is 6.20. The summed E-state index contributed by atoms with van der Waals surface area (Å²) in [6.45, 7) is 3.77. The Morgan fingerprint density at radius 3 is 2.86 bits per heavy atom. The van der Waals surface area contributed by atoms with Crippen LogP contribution >= 0.6 is 11.6 Å². The van der Waals surface area contributed by atoms with Gasteiger partial charge in [-0.3, -0.25) is 4.98 Å². The minimum Gasteiger partial charge on any atom is -0.462 e. The molecular formula is C16H21ClN3O2+.